The summed E-state index contributed by atoms with van der Waals surface area (Å²) in [7, 11) is 0. The molecule has 1 aromatic heterocycles. The lowest BCUT2D eigenvalue weighted by molar-refractivity contribution is 0.566. The molecule has 0 spiro atoms. The monoisotopic (exact) mass is 206 g/mol. The lowest BCUT2D eigenvalue weighted by Gasteiger charge is -2.21. The zero-order chi connectivity index (χ0) is 11.1. The van der Waals surface area contributed by atoms with Gasteiger partial charge in [-0.2, -0.15) is 0 Å². The molecule has 2 heterocycles. The van der Waals surface area contributed by atoms with Crippen molar-refractivity contribution in [2.24, 2.45) is 0 Å². The van der Waals surface area contributed by atoms with Crippen molar-refractivity contribution >= 4 is 11.5 Å². The molecule has 1 aromatic rings. The van der Waals surface area contributed by atoms with Crippen LogP contribution < -0.4 is 10.6 Å². The molecule has 2 rings (SSSR count). The lowest BCUT2D eigenvalue weighted by atomic mass is 9.90. The van der Waals surface area contributed by atoms with Crippen molar-refractivity contribution in [2.75, 3.05) is 17.3 Å². The van der Waals surface area contributed by atoms with Crippen LogP contribution in [0.1, 0.15) is 39.2 Å². The highest BCUT2D eigenvalue weighted by Crippen LogP contribution is 2.34. The third-order valence-electron chi connectivity index (χ3n) is 2.50. The van der Waals surface area contributed by atoms with Crippen molar-refractivity contribution in [3.05, 3.63) is 11.5 Å². The molecule has 82 valence electrons. The van der Waals surface area contributed by atoms with Crippen molar-refractivity contribution in [2.45, 2.75) is 39.5 Å². The van der Waals surface area contributed by atoms with E-state index in [-0.39, 0.29) is 5.41 Å². The summed E-state index contributed by atoms with van der Waals surface area (Å²) < 4.78 is 0. The maximum absolute atomic E-state index is 4.62. The summed E-state index contributed by atoms with van der Waals surface area (Å²) in [6.45, 7) is 9.36. The van der Waals surface area contributed by atoms with Gasteiger partial charge in [0.15, 0.2) is 5.82 Å². The van der Waals surface area contributed by atoms with Crippen LogP contribution in [-0.4, -0.2) is 16.6 Å². The number of hydrogen-bond donors (Lipinski definition) is 2. The highest BCUT2D eigenvalue weighted by atomic mass is 15.2. The van der Waals surface area contributed by atoms with Crippen LogP contribution in [0.2, 0.25) is 0 Å². The molecule has 0 bridgehead atoms. The number of anilines is 2. The van der Waals surface area contributed by atoms with E-state index in [9.17, 15) is 0 Å². The zero-order valence-electron chi connectivity index (χ0n) is 9.81. The van der Waals surface area contributed by atoms with E-state index in [4.69, 9.17) is 0 Å². The molecule has 15 heavy (non-hydrogen) atoms. The minimum atomic E-state index is 0.0516. The van der Waals surface area contributed by atoms with E-state index < -0.39 is 0 Å². The number of hydrogen-bond acceptors (Lipinski definition) is 4. The molecule has 0 radical (unpaired) electrons. The molecule has 4 nitrogen and oxygen atoms in total. The number of nitrogens with zero attached hydrogens (tertiary/aromatic N) is 2. The molecule has 0 unspecified atom stereocenters. The third-order valence-corrected chi connectivity index (χ3v) is 2.50. The van der Waals surface area contributed by atoms with Crippen LogP contribution in [0.15, 0.2) is 0 Å². The average molecular weight is 206 g/mol. The summed E-state index contributed by atoms with van der Waals surface area (Å²) in [5.41, 5.74) is 2.23. The summed E-state index contributed by atoms with van der Waals surface area (Å²) >= 11 is 0. The van der Waals surface area contributed by atoms with Crippen molar-refractivity contribution in [3.8, 4) is 0 Å². The summed E-state index contributed by atoms with van der Waals surface area (Å²) in [5.74, 6) is 1.86. The predicted octanol–water partition coefficient (Wildman–Crippen LogP) is 2.13. The average Bonchev–Trinajstić information content (AvgIpc) is 2.61. The van der Waals surface area contributed by atoms with E-state index in [0.29, 0.717) is 0 Å². The summed E-state index contributed by atoms with van der Waals surface area (Å²) in [6.07, 6.45) is 0.873. The van der Waals surface area contributed by atoms with Gasteiger partial charge in [-0.1, -0.05) is 27.7 Å². The molecule has 1 aliphatic rings. The number of rotatable bonds is 1. The van der Waals surface area contributed by atoms with Crippen molar-refractivity contribution < 1.29 is 0 Å². The van der Waals surface area contributed by atoms with Crippen molar-refractivity contribution in [3.63, 3.8) is 0 Å². The van der Waals surface area contributed by atoms with Crippen LogP contribution in [0.25, 0.3) is 0 Å². The molecule has 0 saturated heterocycles. The Morgan fingerprint density at radius 2 is 1.93 bits per heavy atom. The van der Waals surface area contributed by atoms with Crippen LogP contribution >= 0.6 is 0 Å². The smallest absolute Gasteiger partial charge is 0.154 e. The first-order valence-electron chi connectivity index (χ1n) is 5.41. The maximum Gasteiger partial charge on any atom is 0.154 e. The van der Waals surface area contributed by atoms with E-state index >= 15 is 0 Å². The van der Waals surface area contributed by atoms with Crippen LogP contribution in [-0.2, 0) is 11.8 Å². The second-order valence-corrected chi connectivity index (χ2v) is 4.85. The second kappa shape index (κ2) is 3.36. The fourth-order valence-electron chi connectivity index (χ4n) is 1.72. The normalized spacial score (nSPS) is 14.4. The van der Waals surface area contributed by atoms with Gasteiger partial charge in [-0.25, -0.2) is 9.97 Å². The van der Waals surface area contributed by atoms with Crippen LogP contribution in [0, 0.1) is 0 Å². The van der Waals surface area contributed by atoms with Crippen LogP contribution in [0.4, 0.5) is 11.5 Å². The maximum atomic E-state index is 4.62. The molecule has 0 aromatic carbocycles. The minimum absolute atomic E-state index is 0.0516. The van der Waals surface area contributed by atoms with Gasteiger partial charge >= 0.3 is 0 Å². The topological polar surface area (TPSA) is 49.8 Å². The van der Waals surface area contributed by atoms with E-state index in [1.807, 2.05) is 0 Å². The molecule has 0 amide bonds. The Morgan fingerprint density at radius 3 is 2.53 bits per heavy atom. The van der Waals surface area contributed by atoms with Gasteiger partial charge < -0.3 is 10.6 Å². The Hall–Kier alpha value is -1.32. The molecule has 2 N–H and O–H groups in total. The number of nitrogens with one attached hydrogen (secondary N) is 2. The second-order valence-electron chi connectivity index (χ2n) is 4.85. The molecule has 0 atom stereocenters. The fraction of sp³-hybridized carbons (Fsp3) is 0.636. The summed E-state index contributed by atoms with van der Waals surface area (Å²) in [5, 5.41) is 6.52. The van der Waals surface area contributed by atoms with Gasteiger partial charge in [0.05, 0.1) is 12.4 Å². The first kappa shape index (κ1) is 10.2. The van der Waals surface area contributed by atoms with Gasteiger partial charge in [-0.3, -0.25) is 0 Å². The lowest BCUT2D eigenvalue weighted by Crippen LogP contribution is -2.17. The van der Waals surface area contributed by atoms with Gasteiger partial charge in [0.1, 0.15) is 11.5 Å². The minimum Gasteiger partial charge on any atom is -0.363 e. The Kier molecular flexibility index (Phi) is 2.29. The highest BCUT2D eigenvalue weighted by Gasteiger charge is 2.26. The quantitative estimate of drug-likeness (QED) is 0.739. The van der Waals surface area contributed by atoms with E-state index in [0.717, 1.165) is 36.1 Å². The Bertz CT molecular complexity index is 379. The molecule has 1 aliphatic heterocycles. The van der Waals surface area contributed by atoms with Gasteiger partial charge in [-0.05, 0) is 0 Å². The molecule has 0 aliphatic carbocycles. The van der Waals surface area contributed by atoms with Gasteiger partial charge in [0, 0.05) is 11.8 Å². The highest BCUT2D eigenvalue weighted by molar-refractivity contribution is 5.72. The standard InChI is InChI=1S/C11H18N4/c1-5-7-14-9(11(2,3)4)8-10(15-7)13-6-12-8/h12H,5-6H2,1-4H3,(H,13,14,15). The number of aromatic nitrogens is 2. The predicted molar refractivity (Wildman–Crippen MR) is 62.2 cm³/mol. The van der Waals surface area contributed by atoms with Crippen molar-refractivity contribution in [1.82, 2.24) is 9.97 Å². The summed E-state index contributed by atoms with van der Waals surface area (Å²) in [4.78, 5) is 9.08. The summed E-state index contributed by atoms with van der Waals surface area (Å²) in [6, 6.07) is 0. The molecule has 0 saturated carbocycles. The Labute approximate surface area is 90.5 Å². The van der Waals surface area contributed by atoms with E-state index in [1.165, 1.54) is 0 Å². The van der Waals surface area contributed by atoms with Gasteiger partial charge in [-0.15, -0.1) is 0 Å². The zero-order valence-corrected chi connectivity index (χ0v) is 9.81. The number of fused-ring (bicyclic) bond motifs is 1. The Balaban J connectivity index is 2.57. The fourth-order valence-corrected chi connectivity index (χ4v) is 1.72. The van der Waals surface area contributed by atoms with Crippen molar-refractivity contribution in [1.29, 1.82) is 0 Å². The first-order valence-corrected chi connectivity index (χ1v) is 5.41. The van der Waals surface area contributed by atoms with Crippen LogP contribution in [0.5, 0.6) is 0 Å². The van der Waals surface area contributed by atoms with E-state index in [1.54, 1.807) is 0 Å². The van der Waals surface area contributed by atoms with Gasteiger partial charge in [0.25, 0.3) is 0 Å². The molecular weight excluding hydrogens is 188 g/mol. The molecule has 4 heteroatoms. The van der Waals surface area contributed by atoms with Crippen LogP contribution in [0.3, 0.4) is 0 Å². The van der Waals surface area contributed by atoms with E-state index in [2.05, 4.69) is 48.3 Å². The first-order chi connectivity index (χ1) is 7.02. The molecule has 0 fully saturated rings. The number of aryl methyl sites for hydroxylation is 1. The third kappa shape index (κ3) is 1.76. The largest absolute Gasteiger partial charge is 0.363 e. The molecular formula is C11H18N4. The Morgan fingerprint density at radius 1 is 1.20 bits per heavy atom. The SMILES string of the molecule is CCc1nc2c(c(C(C)(C)C)n1)NCN2. The van der Waals surface area contributed by atoms with Gasteiger partial charge in [0.2, 0.25) is 0 Å².